The minimum absolute atomic E-state index is 0. The molecule has 218 valence electrons. The number of hydrogen-bond donors (Lipinski definition) is 0. The Hall–Kier alpha value is -1.76. The molecular weight excluding hydrogens is 732 g/mol. The third-order valence-corrected chi connectivity index (χ3v) is 3.10. The summed E-state index contributed by atoms with van der Waals surface area (Å²) in [5.74, 6) is 0. The summed E-state index contributed by atoms with van der Waals surface area (Å²) in [6, 6.07) is 39.6. The molecule has 0 aliphatic rings. The third-order valence-electron chi connectivity index (χ3n) is 3.10. The number of hydrogen-bond acceptors (Lipinski definition) is 0. The van der Waals surface area contributed by atoms with E-state index in [1.54, 1.807) is 12.2 Å². The van der Waals surface area contributed by atoms with Crippen molar-refractivity contribution in [2.75, 3.05) is 0 Å². The molecule has 0 unspecified atom stereocenters. The molecule has 2 radical (unpaired) electrons. The standard InChI is InChI=1S/2C8H7.2C5H5.4CO.2ClH.2Cu.2Mn/c2*1-2-8-6-4-3-5-7-8;2*1-2-4-5-3-1;4*1-2;;;;;;/h2*1-7H;2*1-5H;;;;;2*1H;;;;/q4*-1;;;;;;;2*+1;2*+2/p-2. The van der Waals surface area contributed by atoms with Gasteiger partial charge >= 0.3 is 130 Å². The molecule has 0 atom stereocenters. The molecule has 4 aromatic carbocycles. The fourth-order valence-electron chi connectivity index (χ4n) is 1.77. The smallest absolute Gasteiger partial charge is 0.214 e. The summed E-state index contributed by atoms with van der Waals surface area (Å²) in [5, 5.41) is 0. The van der Waals surface area contributed by atoms with Crippen LogP contribution in [0, 0.1) is 39.8 Å². The summed E-state index contributed by atoms with van der Waals surface area (Å²) >= 11 is 7.32. The third kappa shape index (κ3) is 56.4. The van der Waals surface area contributed by atoms with Gasteiger partial charge in [0.25, 0.3) is 0 Å². The Kier molecular flexibility index (Phi) is 103. The van der Waals surface area contributed by atoms with Gasteiger partial charge in [0.05, 0.1) is 0 Å². The molecule has 0 aromatic heterocycles. The molecule has 4 aromatic rings. The summed E-state index contributed by atoms with van der Waals surface area (Å²) in [6.07, 6.45) is 3.17. The topological polar surface area (TPSA) is 79.6 Å². The van der Waals surface area contributed by atoms with E-state index in [1.165, 1.54) is 0 Å². The van der Waals surface area contributed by atoms with Gasteiger partial charge in [-0.2, -0.15) is 47.5 Å². The molecule has 10 heteroatoms. The second-order valence-electron chi connectivity index (χ2n) is 5.08. The molecule has 0 saturated heterocycles. The molecule has 0 amide bonds. The monoisotopic (exact) mass is 754 g/mol. The van der Waals surface area contributed by atoms with E-state index in [9.17, 15) is 0 Å². The first-order valence-electron chi connectivity index (χ1n) is 9.44. The summed E-state index contributed by atoms with van der Waals surface area (Å²) in [5.41, 5.74) is 2.13. The molecule has 0 spiro atoms. The average Bonchev–Trinajstić information content (AvgIpc) is 3.85. The van der Waals surface area contributed by atoms with Crippen molar-refractivity contribution in [2.24, 2.45) is 0 Å². The van der Waals surface area contributed by atoms with Crippen molar-refractivity contribution < 1.29 is 82.9 Å². The Morgan fingerprint density at radius 3 is 0.775 bits per heavy atom. The van der Waals surface area contributed by atoms with Crippen molar-refractivity contribution in [3.8, 4) is 0 Å². The second kappa shape index (κ2) is 71.0. The van der Waals surface area contributed by atoms with Crippen LogP contribution in [0.3, 0.4) is 0 Å². The molecule has 40 heavy (non-hydrogen) atoms. The van der Waals surface area contributed by atoms with Gasteiger partial charge in [-0.1, -0.05) is 36.4 Å². The van der Waals surface area contributed by atoms with E-state index in [2.05, 4.69) is 77.0 Å². The van der Waals surface area contributed by atoms with E-state index in [0.29, 0.717) is 0 Å². The fraction of sp³-hybridized carbons (Fsp3) is 0. The molecule has 4 nitrogen and oxygen atoms in total. The quantitative estimate of drug-likeness (QED) is 0.112. The normalized spacial score (nSPS) is 5.95. The van der Waals surface area contributed by atoms with Gasteiger partial charge < -0.3 is 0 Å². The molecular formula is C30H24Cl2Cu2Mn2O4. The zero-order valence-electron chi connectivity index (χ0n) is 20.6. The molecule has 0 N–H and O–H groups in total. The predicted molar refractivity (Wildman–Crippen MR) is 142 cm³/mol. The summed E-state index contributed by atoms with van der Waals surface area (Å²) in [7, 11) is 8.40. The van der Waals surface area contributed by atoms with Gasteiger partial charge in [-0.05, 0) is 0 Å². The maximum absolute atomic E-state index is 7.50. The van der Waals surface area contributed by atoms with Crippen molar-refractivity contribution in [2.45, 2.75) is 0 Å². The Labute approximate surface area is 285 Å². The van der Waals surface area contributed by atoms with Crippen LogP contribution in [0.25, 0.3) is 12.2 Å². The number of rotatable bonds is 2. The van der Waals surface area contributed by atoms with Crippen LogP contribution in [-0.2, 0) is 82.9 Å². The molecule has 0 aliphatic heterocycles. The van der Waals surface area contributed by atoms with Gasteiger partial charge in [0.15, 0.2) is 0 Å². The zero-order valence-corrected chi connectivity index (χ0v) is 26.4. The van der Waals surface area contributed by atoms with Crippen LogP contribution in [0.15, 0.2) is 121 Å². The molecule has 0 aliphatic carbocycles. The molecule has 4 rings (SSSR count). The Morgan fingerprint density at radius 1 is 0.475 bits per heavy atom. The van der Waals surface area contributed by atoms with Crippen LogP contribution in [0.4, 0.5) is 0 Å². The van der Waals surface area contributed by atoms with Gasteiger partial charge in [0, 0.05) is 0 Å². The fourth-order valence-corrected chi connectivity index (χ4v) is 1.77. The van der Waals surface area contributed by atoms with Gasteiger partial charge in [0.2, 0.25) is 0 Å². The van der Waals surface area contributed by atoms with E-state index in [0.717, 1.165) is 11.1 Å². The summed E-state index contributed by atoms with van der Waals surface area (Å²) in [6.45, 7) is 28.4. The average molecular weight is 756 g/mol. The molecule has 0 fully saturated rings. The minimum atomic E-state index is 0. The Balaban J connectivity index is -0.0000000503. The van der Waals surface area contributed by atoms with Gasteiger partial charge in [-0.3, -0.25) is 13.2 Å². The first kappa shape index (κ1) is 58.0. The Bertz CT molecular complexity index is 834. The van der Waals surface area contributed by atoms with E-state index in [1.807, 2.05) is 121 Å². The summed E-state index contributed by atoms with van der Waals surface area (Å²) in [4.78, 5) is 0. The van der Waals surface area contributed by atoms with Gasteiger partial charge in [-0.25, -0.2) is 36.4 Å². The minimum Gasteiger partial charge on any atom is -0.214 e. The SMILES string of the molecule is [C-]#[O+].[C-]#[O+].[C-]#[O+].[C-]#[O+].[CH-]=Cc1ccccc1.[CH-]=Cc1ccccc1.[Cl][Cu].[Cl][Cu].[Mn+2].[Mn+2].c1cc[cH-]c1.c1cc[cH-]c1. The van der Waals surface area contributed by atoms with Crippen molar-refractivity contribution in [3.63, 3.8) is 0 Å². The molecule has 0 heterocycles. The second-order valence-corrected chi connectivity index (χ2v) is 5.08. The first-order valence-corrected chi connectivity index (χ1v) is 12.0. The zero-order chi connectivity index (χ0) is 30.7. The molecule has 0 saturated carbocycles. The van der Waals surface area contributed by atoms with Crippen molar-refractivity contribution in [3.05, 3.63) is 172 Å². The van der Waals surface area contributed by atoms with E-state index >= 15 is 0 Å². The largest absolute Gasteiger partial charge is 2.00 e. The first-order chi connectivity index (χ1) is 18.9. The van der Waals surface area contributed by atoms with Crippen LogP contribution in [0.2, 0.25) is 0 Å². The van der Waals surface area contributed by atoms with Crippen LogP contribution >= 0.6 is 20.2 Å². The molecule has 0 bridgehead atoms. The van der Waals surface area contributed by atoms with Crippen molar-refractivity contribution >= 4 is 32.3 Å². The number of halogens is 2. The van der Waals surface area contributed by atoms with Crippen LogP contribution < -0.4 is 0 Å². The van der Waals surface area contributed by atoms with E-state index in [4.69, 9.17) is 31.8 Å². The maximum Gasteiger partial charge on any atom is 2.00 e. The predicted octanol–water partition coefficient (Wildman–Crippen LogP) is 8.30. The Morgan fingerprint density at radius 2 is 0.675 bits per heavy atom. The van der Waals surface area contributed by atoms with Crippen LogP contribution in [0.1, 0.15) is 11.1 Å². The van der Waals surface area contributed by atoms with Gasteiger partial charge in [0.1, 0.15) is 0 Å². The van der Waals surface area contributed by atoms with Crippen molar-refractivity contribution in [1.82, 2.24) is 0 Å². The maximum atomic E-state index is 7.50. The van der Waals surface area contributed by atoms with Crippen LogP contribution in [-0.4, -0.2) is 0 Å². The summed E-state index contributed by atoms with van der Waals surface area (Å²) < 4.78 is 30.0. The van der Waals surface area contributed by atoms with Crippen molar-refractivity contribution in [1.29, 1.82) is 0 Å². The van der Waals surface area contributed by atoms with E-state index in [-0.39, 0.29) is 34.1 Å². The van der Waals surface area contributed by atoms with Gasteiger partial charge in [-0.15, -0.1) is 24.3 Å². The van der Waals surface area contributed by atoms with E-state index < -0.39 is 0 Å². The van der Waals surface area contributed by atoms with Crippen LogP contribution in [0.5, 0.6) is 0 Å². The number of benzene rings is 2.